The van der Waals surface area contributed by atoms with Crippen molar-refractivity contribution in [1.82, 2.24) is 0 Å². The summed E-state index contributed by atoms with van der Waals surface area (Å²) in [6, 6.07) is 1.25. The van der Waals surface area contributed by atoms with Crippen molar-refractivity contribution >= 4 is 0 Å². The predicted molar refractivity (Wildman–Crippen MR) is 134 cm³/mol. The number of aliphatic hydroxyl groups excluding tert-OH is 1. The maximum atomic E-state index is 11.8. The molecule has 0 bridgehead atoms. The summed E-state index contributed by atoms with van der Waals surface area (Å²) < 4.78 is 13.7. The Morgan fingerprint density at radius 2 is 1.28 bits per heavy atom. The molecule has 2 saturated heterocycles. The van der Waals surface area contributed by atoms with Crippen LogP contribution in [0.5, 0.6) is 0 Å². The molecule has 6 rings (SSSR count). The molecule has 6 aliphatic rings. The van der Waals surface area contributed by atoms with Gasteiger partial charge >= 0.3 is 0 Å². The molecule has 7 heteroatoms. The SMILES string of the molecule is C[C@]12CC[C@H]([N+]3(C)CCOCC3)C[C@@H]1CC[C@@H]1[C@@H]2CC[C@]2(C)[C@@H](O)[C@@H]([N+]3(C)CCOCC3)C[C@@H]12.[I-].[I-]. The third-order valence-corrected chi connectivity index (χ3v) is 13.3. The lowest BCUT2D eigenvalue weighted by molar-refractivity contribution is -0.943. The fraction of sp³-hybridized carbons (Fsp3) is 1.00. The largest absolute Gasteiger partial charge is 1.00 e. The van der Waals surface area contributed by atoms with E-state index in [2.05, 4.69) is 27.9 Å². The van der Waals surface area contributed by atoms with Gasteiger partial charge < -0.3 is 71.5 Å². The fourth-order valence-electron chi connectivity index (χ4n) is 10.6. The normalized spacial score (nSPS) is 49.4. The van der Waals surface area contributed by atoms with E-state index in [1.54, 1.807) is 0 Å². The summed E-state index contributed by atoms with van der Waals surface area (Å²) in [5.74, 6) is 3.32. The van der Waals surface area contributed by atoms with Crippen LogP contribution in [0.4, 0.5) is 0 Å². The third-order valence-electron chi connectivity index (χ3n) is 13.3. The van der Waals surface area contributed by atoms with Gasteiger partial charge in [0, 0.05) is 18.3 Å². The molecule has 2 aliphatic heterocycles. The first-order valence-electron chi connectivity index (χ1n) is 14.7. The number of likely N-dealkylation sites (N-methyl/N-ethyl adjacent to an activating group) is 2. The molecule has 4 aliphatic carbocycles. The Bertz CT molecular complexity index is 774. The van der Waals surface area contributed by atoms with E-state index in [0.29, 0.717) is 17.4 Å². The molecule has 0 aromatic rings. The lowest BCUT2D eigenvalue weighted by Gasteiger charge is -2.61. The quantitative estimate of drug-likeness (QED) is 0.257. The molecular formula is C29H52I2N2O3. The summed E-state index contributed by atoms with van der Waals surface area (Å²) in [6.45, 7) is 13.4. The maximum absolute atomic E-state index is 11.8. The molecule has 5 nitrogen and oxygen atoms in total. The van der Waals surface area contributed by atoms with Crippen molar-refractivity contribution in [1.29, 1.82) is 0 Å². The number of rotatable bonds is 2. The molecule has 4 saturated carbocycles. The van der Waals surface area contributed by atoms with E-state index in [-0.39, 0.29) is 59.5 Å². The molecule has 0 radical (unpaired) electrons. The number of halogens is 2. The van der Waals surface area contributed by atoms with Crippen LogP contribution in [-0.4, -0.2) is 99.0 Å². The zero-order valence-corrected chi connectivity index (χ0v) is 27.6. The van der Waals surface area contributed by atoms with E-state index in [4.69, 9.17) is 9.47 Å². The summed E-state index contributed by atoms with van der Waals surface area (Å²) in [5, 5.41) is 11.8. The van der Waals surface area contributed by atoms with Crippen LogP contribution in [0.25, 0.3) is 0 Å². The van der Waals surface area contributed by atoms with Crippen molar-refractivity contribution in [3.05, 3.63) is 0 Å². The van der Waals surface area contributed by atoms with Gasteiger partial charge in [0.2, 0.25) is 0 Å². The molecule has 0 unspecified atom stereocenters. The zero-order valence-electron chi connectivity index (χ0n) is 23.3. The molecule has 0 aromatic heterocycles. The van der Waals surface area contributed by atoms with Crippen LogP contribution in [0.3, 0.4) is 0 Å². The van der Waals surface area contributed by atoms with E-state index in [0.717, 1.165) is 67.8 Å². The van der Waals surface area contributed by atoms with Crippen LogP contribution in [0.2, 0.25) is 0 Å². The minimum absolute atomic E-state index is 0. The lowest BCUT2D eigenvalue weighted by Crippen LogP contribution is -3.00. The van der Waals surface area contributed by atoms with Gasteiger partial charge in [-0.05, 0) is 67.6 Å². The number of nitrogens with zero attached hydrogens (tertiary/aromatic N) is 2. The number of aliphatic hydroxyl groups is 1. The van der Waals surface area contributed by atoms with Crippen LogP contribution < -0.4 is 48.0 Å². The molecule has 6 fully saturated rings. The van der Waals surface area contributed by atoms with E-state index in [9.17, 15) is 5.11 Å². The minimum Gasteiger partial charge on any atom is -1.00 e. The summed E-state index contributed by atoms with van der Waals surface area (Å²) in [5.41, 5.74) is 0.644. The average Bonchev–Trinajstić information content (AvgIpc) is 3.11. The predicted octanol–water partition coefficient (Wildman–Crippen LogP) is -2.30. The van der Waals surface area contributed by atoms with Crippen molar-refractivity contribution in [3.63, 3.8) is 0 Å². The van der Waals surface area contributed by atoms with Crippen molar-refractivity contribution in [3.8, 4) is 0 Å². The van der Waals surface area contributed by atoms with Crippen LogP contribution >= 0.6 is 0 Å². The Hall–Kier alpha value is 1.26. The number of fused-ring (bicyclic) bond motifs is 5. The molecule has 9 atom stereocenters. The second kappa shape index (κ2) is 10.9. The molecule has 0 spiro atoms. The van der Waals surface area contributed by atoms with Gasteiger partial charge in [-0.2, -0.15) is 0 Å². The highest BCUT2D eigenvalue weighted by Gasteiger charge is 2.65. The van der Waals surface area contributed by atoms with E-state index in [1.165, 1.54) is 68.9 Å². The average molecular weight is 731 g/mol. The monoisotopic (exact) mass is 730 g/mol. The summed E-state index contributed by atoms with van der Waals surface area (Å²) in [7, 11) is 4.92. The number of hydrogen-bond acceptors (Lipinski definition) is 3. The Morgan fingerprint density at radius 3 is 1.92 bits per heavy atom. The smallest absolute Gasteiger partial charge is 0.116 e. The van der Waals surface area contributed by atoms with Gasteiger partial charge in [-0.25, -0.2) is 0 Å². The summed E-state index contributed by atoms with van der Waals surface area (Å²) in [6.07, 6.45) is 10.8. The van der Waals surface area contributed by atoms with Gasteiger partial charge in [0.25, 0.3) is 0 Å². The Balaban J connectivity index is 0.00000152. The first-order valence-corrected chi connectivity index (χ1v) is 14.7. The lowest BCUT2D eigenvalue weighted by atomic mass is 9.45. The van der Waals surface area contributed by atoms with E-state index in [1.807, 2.05) is 0 Å². The van der Waals surface area contributed by atoms with Crippen molar-refractivity contribution < 1.29 is 71.5 Å². The maximum Gasteiger partial charge on any atom is 0.116 e. The van der Waals surface area contributed by atoms with Gasteiger partial charge in [-0.3, -0.25) is 0 Å². The standard InChI is InChI=1S/C29H52N2O3.2HI/c1-28-9-7-22(30(3)11-15-33-16-12-30)19-21(28)5-6-23-24(28)8-10-29(2)25(23)20-26(27(29)32)31(4)13-17-34-18-14-31;;/h21-27,32H,5-20H2,1-4H3;2*1H/q+2;;/p-2/t21-,22-,23+,24-,25-,26-,27-,28-,29-;;/m0../s1. The van der Waals surface area contributed by atoms with Gasteiger partial charge in [0.1, 0.15) is 38.3 Å². The van der Waals surface area contributed by atoms with Crippen LogP contribution in [0.1, 0.15) is 65.2 Å². The summed E-state index contributed by atoms with van der Waals surface area (Å²) in [4.78, 5) is 0. The first-order chi connectivity index (χ1) is 16.2. The number of ether oxygens (including phenoxy) is 2. The first kappa shape index (κ1) is 30.2. The van der Waals surface area contributed by atoms with Crippen LogP contribution in [-0.2, 0) is 9.47 Å². The van der Waals surface area contributed by atoms with Crippen LogP contribution in [0.15, 0.2) is 0 Å². The van der Waals surface area contributed by atoms with Crippen molar-refractivity contribution in [2.75, 3.05) is 66.7 Å². The highest BCUT2D eigenvalue weighted by molar-refractivity contribution is 5.12. The number of quaternary nitrogens is 2. The van der Waals surface area contributed by atoms with Crippen molar-refractivity contribution in [2.24, 2.45) is 34.5 Å². The second-order valence-corrected chi connectivity index (χ2v) is 14.5. The number of hydrogen-bond donors (Lipinski definition) is 1. The second-order valence-electron chi connectivity index (χ2n) is 14.5. The zero-order chi connectivity index (χ0) is 23.8. The fourth-order valence-corrected chi connectivity index (χ4v) is 10.6. The van der Waals surface area contributed by atoms with E-state index < -0.39 is 0 Å². The molecule has 0 amide bonds. The van der Waals surface area contributed by atoms with Gasteiger partial charge in [0.05, 0.1) is 46.6 Å². The van der Waals surface area contributed by atoms with E-state index >= 15 is 0 Å². The Kier molecular flexibility index (Phi) is 9.17. The van der Waals surface area contributed by atoms with Crippen LogP contribution in [0, 0.1) is 34.5 Å². The Labute approximate surface area is 254 Å². The van der Waals surface area contributed by atoms with Gasteiger partial charge in [-0.1, -0.05) is 13.8 Å². The molecule has 36 heavy (non-hydrogen) atoms. The molecule has 210 valence electrons. The highest BCUT2D eigenvalue weighted by atomic mass is 127. The van der Waals surface area contributed by atoms with Gasteiger partial charge in [0.15, 0.2) is 0 Å². The topological polar surface area (TPSA) is 38.7 Å². The van der Waals surface area contributed by atoms with Gasteiger partial charge in [-0.15, -0.1) is 0 Å². The Morgan fingerprint density at radius 1 is 0.694 bits per heavy atom. The third kappa shape index (κ3) is 4.66. The van der Waals surface area contributed by atoms with Crippen molar-refractivity contribution in [2.45, 2.75) is 83.4 Å². The number of morpholine rings is 2. The molecular weight excluding hydrogens is 678 g/mol. The molecule has 0 aromatic carbocycles. The molecule has 2 heterocycles. The summed E-state index contributed by atoms with van der Waals surface area (Å²) >= 11 is 0. The highest BCUT2D eigenvalue weighted by Crippen LogP contribution is 2.67. The molecule has 1 N–H and O–H groups in total. The minimum atomic E-state index is -0.145.